The number of esters is 1. The Hall–Kier alpha value is -2.62. The van der Waals surface area contributed by atoms with Gasteiger partial charge in [0.1, 0.15) is 0 Å². The molecule has 1 N–H and O–H groups in total. The van der Waals surface area contributed by atoms with Crippen molar-refractivity contribution in [1.82, 2.24) is 5.32 Å². The highest BCUT2D eigenvalue weighted by molar-refractivity contribution is 5.81. The summed E-state index contributed by atoms with van der Waals surface area (Å²) in [6, 6.07) is 18.1. The lowest BCUT2D eigenvalue weighted by Gasteiger charge is -2.34. The molecule has 1 amide bonds. The molecule has 0 heterocycles. The van der Waals surface area contributed by atoms with E-state index in [1.165, 1.54) is 6.42 Å². The summed E-state index contributed by atoms with van der Waals surface area (Å²) in [5.41, 5.74) is 3.12. The minimum absolute atomic E-state index is 0.166. The summed E-state index contributed by atoms with van der Waals surface area (Å²) < 4.78 is 5.18. The van der Waals surface area contributed by atoms with Gasteiger partial charge in [0.2, 0.25) is 0 Å². The number of carbonyl (C=O) groups excluding carboxylic acids is 2. The van der Waals surface area contributed by atoms with Gasteiger partial charge in [0.05, 0.1) is 6.42 Å². The largest absolute Gasteiger partial charge is 0.455 e. The van der Waals surface area contributed by atoms with Crippen molar-refractivity contribution < 1.29 is 14.3 Å². The van der Waals surface area contributed by atoms with Gasteiger partial charge < -0.3 is 10.1 Å². The molecule has 0 aliphatic heterocycles. The number of carbonyl (C=O) groups is 2. The van der Waals surface area contributed by atoms with Crippen molar-refractivity contribution in [2.75, 3.05) is 6.61 Å². The third-order valence-electron chi connectivity index (χ3n) is 5.83. The molecule has 4 nitrogen and oxygen atoms in total. The van der Waals surface area contributed by atoms with Gasteiger partial charge in [-0.15, -0.1) is 0 Å². The molecule has 1 aliphatic rings. The first-order valence-electron chi connectivity index (χ1n) is 10.1. The minimum Gasteiger partial charge on any atom is -0.455 e. The molecule has 3 rings (SSSR count). The van der Waals surface area contributed by atoms with Crippen LogP contribution in [0.4, 0.5) is 0 Å². The average molecular weight is 380 g/mol. The molecule has 28 heavy (non-hydrogen) atoms. The van der Waals surface area contributed by atoms with Crippen LogP contribution < -0.4 is 5.32 Å². The monoisotopic (exact) mass is 379 g/mol. The van der Waals surface area contributed by atoms with E-state index in [-0.39, 0.29) is 30.9 Å². The van der Waals surface area contributed by atoms with Crippen molar-refractivity contribution in [3.63, 3.8) is 0 Å². The van der Waals surface area contributed by atoms with Gasteiger partial charge >= 0.3 is 5.97 Å². The first-order valence-corrected chi connectivity index (χ1v) is 10.1. The Morgan fingerprint density at radius 2 is 1.64 bits per heavy atom. The Morgan fingerprint density at radius 3 is 2.36 bits per heavy atom. The van der Waals surface area contributed by atoms with E-state index in [0.29, 0.717) is 11.8 Å². The van der Waals surface area contributed by atoms with E-state index in [4.69, 9.17) is 4.74 Å². The van der Waals surface area contributed by atoms with Crippen LogP contribution in [0.5, 0.6) is 0 Å². The summed E-state index contributed by atoms with van der Waals surface area (Å²) in [5.74, 6) is 0.475. The first-order chi connectivity index (χ1) is 13.5. The van der Waals surface area contributed by atoms with E-state index in [2.05, 4.69) is 31.3 Å². The van der Waals surface area contributed by atoms with Crippen LogP contribution in [0.25, 0.3) is 11.1 Å². The van der Waals surface area contributed by atoms with Crippen LogP contribution in [0, 0.1) is 11.8 Å². The maximum absolute atomic E-state index is 12.1. The van der Waals surface area contributed by atoms with E-state index in [1.807, 2.05) is 42.5 Å². The van der Waals surface area contributed by atoms with Crippen LogP contribution in [0.1, 0.15) is 38.7 Å². The highest BCUT2D eigenvalue weighted by Gasteiger charge is 2.28. The molecule has 2 aromatic carbocycles. The molecular weight excluding hydrogens is 350 g/mol. The van der Waals surface area contributed by atoms with Crippen LogP contribution in [-0.2, 0) is 20.7 Å². The van der Waals surface area contributed by atoms with E-state index in [1.54, 1.807) is 0 Å². The number of hydrogen-bond acceptors (Lipinski definition) is 3. The number of rotatable bonds is 6. The summed E-state index contributed by atoms with van der Waals surface area (Å²) in [6.07, 6.45) is 3.51. The van der Waals surface area contributed by atoms with Crippen LogP contribution in [0.15, 0.2) is 54.6 Å². The normalized spacial score (nSPS) is 21.7. The molecule has 0 spiro atoms. The van der Waals surface area contributed by atoms with Gasteiger partial charge in [0.15, 0.2) is 6.61 Å². The molecule has 1 fully saturated rings. The van der Waals surface area contributed by atoms with Gasteiger partial charge in [-0.3, -0.25) is 9.59 Å². The fourth-order valence-electron chi connectivity index (χ4n) is 3.84. The lowest BCUT2D eigenvalue weighted by molar-refractivity contribution is -0.148. The van der Waals surface area contributed by atoms with Gasteiger partial charge in [-0.2, -0.15) is 0 Å². The zero-order chi connectivity index (χ0) is 19.9. The molecule has 0 radical (unpaired) electrons. The zero-order valence-corrected chi connectivity index (χ0v) is 16.7. The smallest absolute Gasteiger partial charge is 0.310 e. The van der Waals surface area contributed by atoms with Crippen molar-refractivity contribution in [1.29, 1.82) is 0 Å². The Bertz CT molecular complexity index is 785. The van der Waals surface area contributed by atoms with Gasteiger partial charge in [-0.25, -0.2) is 0 Å². The topological polar surface area (TPSA) is 55.4 Å². The SMILES string of the molecule is C[C@@H]1[C@@H](C)CCC[C@H]1NC(=O)COC(=O)Cc1ccc(-c2ccccc2)cc1. The number of nitrogens with one attached hydrogen (secondary N) is 1. The number of benzene rings is 2. The van der Waals surface area contributed by atoms with Crippen LogP contribution in [-0.4, -0.2) is 24.5 Å². The molecule has 4 heteroatoms. The quantitative estimate of drug-likeness (QED) is 0.758. The summed E-state index contributed by atoms with van der Waals surface area (Å²) in [4.78, 5) is 24.2. The second-order valence-electron chi connectivity index (χ2n) is 7.84. The maximum Gasteiger partial charge on any atom is 0.310 e. The lowest BCUT2D eigenvalue weighted by Crippen LogP contribution is -2.45. The van der Waals surface area contributed by atoms with E-state index in [9.17, 15) is 9.59 Å². The fourth-order valence-corrected chi connectivity index (χ4v) is 3.84. The zero-order valence-electron chi connectivity index (χ0n) is 16.7. The standard InChI is InChI=1S/C24H29NO3/c1-17-7-6-10-22(18(17)2)25-23(26)16-28-24(27)15-19-11-13-21(14-12-19)20-8-4-3-5-9-20/h3-5,8-9,11-14,17-18,22H,6-7,10,15-16H2,1-2H3,(H,25,26)/t17-,18+,22+/m0/s1. The second-order valence-corrected chi connectivity index (χ2v) is 7.84. The molecule has 0 saturated heterocycles. The van der Waals surface area contributed by atoms with E-state index >= 15 is 0 Å². The fraction of sp³-hybridized carbons (Fsp3) is 0.417. The number of amides is 1. The molecule has 1 saturated carbocycles. The third kappa shape index (κ3) is 5.44. The molecule has 0 bridgehead atoms. The Morgan fingerprint density at radius 1 is 0.964 bits per heavy atom. The predicted octanol–water partition coefficient (Wildman–Crippen LogP) is 4.38. The van der Waals surface area contributed by atoms with Crippen molar-refractivity contribution >= 4 is 11.9 Å². The molecule has 3 atom stereocenters. The maximum atomic E-state index is 12.1. The molecular formula is C24H29NO3. The van der Waals surface area contributed by atoms with E-state index in [0.717, 1.165) is 29.5 Å². The average Bonchev–Trinajstić information content (AvgIpc) is 2.71. The minimum atomic E-state index is -0.382. The summed E-state index contributed by atoms with van der Waals surface area (Å²) >= 11 is 0. The molecule has 1 aliphatic carbocycles. The van der Waals surface area contributed by atoms with Gasteiger partial charge in [0, 0.05) is 6.04 Å². The molecule has 2 aromatic rings. The predicted molar refractivity (Wildman–Crippen MR) is 111 cm³/mol. The van der Waals surface area contributed by atoms with E-state index < -0.39 is 0 Å². The number of ether oxygens (including phenoxy) is 1. The summed E-state index contributed by atoms with van der Waals surface area (Å²) in [5, 5.41) is 3.03. The molecule has 0 unspecified atom stereocenters. The highest BCUT2D eigenvalue weighted by atomic mass is 16.5. The summed E-state index contributed by atoms with van der Waals surface area (Å²) in [6.45, 7) is 4.20. The van der Waals surface area contributed by atoms with Crippen molar-refractivity contribution in [3.8, 4) is 11.1 Å². The Labute approximate surface area is 167 Å². The Kier molecular flexibility index (Phi) is 6.85. The van der Waals surface area contributed by atoms with Gasteiger partial charge in [-0.05, 0) is 34.9 Å². The highest BCUT2D eigenvalue weighted by Crippen LogP contribution is 2.29. The third-order valence-corrected chi connectivity index (χ3v) is 5.83. The van der Waals surface area contributed by atoms with Crippen molar-refractivity contribution in [3.05, 3.63) is 60.2 Å². The van der Waals surface area contributed by atoms with Crippen LogP contribution in [0.2, 0.25) is 0 Å². The van der Waals surface area contributed by atoms with Crippen molar-refractivity contribution in [2.24, 2.45) is 11.8 Å². The molecule has 148 valence electrons. The second kappa shape index (κ2) is 9.54. The van der Waals surface area contributed by atoms with Gasteiger partial charge in [0.25, 0.3) is 5.91 Å². The van der Waals surface area contributed by atoms with Gasteiger partial charge in [-0.1, -0.05) is 81.3 Å². The van der Waals surface area contributed by atoms with Crippen molar-refractivity contribution in [2.45, 2.75) is 45.6 Å². The lowest BCUT2D eigenvalue weighted by atomic mass is 9.78. The van der Waals surface area contributed by atoms with Crippen LogP contribution >= 0.6 is 0 Å². The molecule has 0 aromatic heterocycles. The first kappa shape index (κ1) is 20.1. The number of hydrogen-bond donors (Lipinski definition) is 1. The summed E-state index contributed by atoms with van der Waals surface area (Å²) in [7, 11) is 0. The van der Waals surface area contributed by atoms with Crippen LogP contribution in [0.3, 0.4) is 0 Å². The Balaban J connectivity index is 1.44.